The van der Waals surface area contributed by atoms with E-state index in [0.717, 1.165) is 6.42 Å². The molecule has 0 amide bonds. The Labute approximate surface area is 129 Å². The number of epoxide rings is 1. The molecule has 3 saturated heterocycles. The van der Waals surface area contributed by atoms with Gasteiger partial charge in [-0.1, -0.05) is 0 Å². The number of ether oxygens (including phenoxy) is 4. The molecule has 1 aliphatic carbocycles. The van der Waals surface area contributed by atoms with E-state index in [1.54, 1.807) is 14.1 Å². The molecule has 3 aliphatic heterocycles. The highest BCUT2D eigenvalue weighted by molar-refractivity contribution is 5.13. The molecule has 8 heteroatoms. The molecule has 22 heavy (non-hydrogen) atoms. The molecule has 1 spiro atoms. The molecule has 10 atom stereocenters. The fourth-order valence-electron chi connectivity index (χ4n) is 4.11. The van der Waals surface area contributed by atoms with E-state index in [1.807, 2.05) is 6.92 Å². The van der Waals surface area contributed by atoms with Crippen LogP contribution in [0.3, 0.4) is 0 Å². The third kappa shape index (κ3) is 1.93. The summed E-state index contributed by atoms with van der Waals surface area (Å²) in [4.78, 5) is 0. The molecular weight excluding hydrogens is 292 g/mol. The highest BCUT2D eigenvalue weighted by Gasteiger charge is 2.73. The van der Waals surface area contributed by atoms with Crippen LogP contribution in [0.25, 0.3) is 0 Å². The number of rotatable bonds is 2. The van der Waals surface area contributed by atoms with Gasteiger partial charge in [-0.25, -0.2) is 0 Å². The largest absolute Gasteiger partial charge is 0.390 e. The van der Waals surface area contributed by atoms with Crippen LogP contribution in [0.5, 0.6) is 0 Å². The first kappa shape index (κ1) is 15.2. The second kappa shape index (κ2) is 5.09. The molecule has 0 bridgehead atoms. The Kier molecular flexibility index (Phi) is 3.52. The molecule has 3 heterocycles. The van der Waals surface area contributed by atoms with Gasteiger partial charge >= 0.3 is 0 Å². The molecule has 4 rings (SSSR count). The zero-order chi connectivity index (χ0) is 15.6. The molecule has 4 fully saturated rings. The van der Waals surface area contributed by atoms with E-state index < -0.39 is 42.5 Å². The number of aliphatic hydroxyl groups is 2. The van der Waals surface area contributed by atoms with Gasteiger partial charge in [-0.2, -0.15) is 0 Å². The van der Waals surface area contributed by atoms with Gasteiger partial charge in [0.1, 0.15) is 24.4 Å². The van der Waals surface area contributed by atoms with Crippen LogP contribution in [0, 0.1) is 0 Å². The number of likely N-dealkylation sites (N-methyl/N-ethyl adjacent to an activating group) is 2. The van der Waals surface area contributed by atoms with Crippen molar-refractivity contribution < 1.29 is 29.2 Å². The predicted octanol–water partition coefficient (Wildman–Crippen LogP) is -2.09. The Morgan fingerprint density at radius 1 is 0.955 bits per heavy atom. The van der Waals surface area contributed by atoms with Crippen molar-refractivity contribution in [2.24, 2.45) is 0 Å². The zero-order valence-electron chi connectivity index (χ0n) is 12.9. The van der Waals surface area contributed by atoms with Crippen molar-refractivity contribution in [3.63, 3.8) is 0 Å². The summed E-state index contributed by atoms with van der Waals surface area (Å²) in [5, 5.41) is 27.1. The van der Waals surface area contributed by atoms with Crippen molar-refractivity contribution in [3.05, 3.63) is 0 Å². The monoisotopic (exact) mass is 316 g/mol. The van der Waals surface area contributed by atoms with Crippen LogP contribution >= 0.6 is 0 Å². The van der Waals surface area contributed by atoms with Crippen LogP contribution in [0.1, 0.15) is 13.3 Å². The quantitative estimate of drug-likeness (QED) is 0.430. The smallest absolute Gasteiger partial charge is 0.248 e. The third-order valence-corrected chi connectivity index (χ3v) is 5.33. The predicted molar refractivity (Wildman–Crippen MR) is 74.0 cm³/mol. The van der Waals surface area contributed by atoms with E-state index in [1.165, 1.54) is 0 Å². The number of hydrogen-bond acceptors (Lipinski definition) is 8. The fraction of sp³-hybridized carbons (Fsp3) is 1.00. The van der Waals surface area contributed by atoms with Crippen LogP contribution in [0.4, 0.5) is 0 Å². The lowest BCUT2D eigenvalue weighted by atomic mass is 9.80. The summed E-state index contributed by atoms with van der Waals surface area (Å²) < 4.78 is 23.7. The average molecular weight is 316 g/mol. The first-order valence-electron chi connectivity index (χ1n) is 7.89. The second-order valence-electron chi connectivity index (χ2n) is 6.64. The minimum absolute atomic E-state index is 0.0253. The van der Waals surface area contributed by atoms with Crippen LogP contribution in [0.15, 0.2) is 0 Å². The number of hydrogen-bond donors (Lipinski definition) is 4. The second-order valence-corrected chi connectivity index (χ2v) is 6.64. The van der Waals surface area contributed by atoms with Crippen LogP contribution in [0.2, 0.25) is 0 Å². The van der Waals surface area contributed by atoms with E-state index in [0.29, 0.717) is 0 Å². The highest BCUT2D eigenvalue weighted by Crippen LogP contribution is 2.54. The molecule has 0 radical (unpaired) electrons. The van der Waals surface area contributed by atoms with Gasteiger partial charge in [0.25, 0.3) is 0 Å². The van der Waals surface area contributed by atoms with Gasteiger partial charge in [-0.3, -0.25) is 0 Å². The number of fused-ring (bicyclic) bond motifs is 1. The maximum atomic E-state index is 10.5. The SMILES string of the molecule is CNC1C(O)C(NC)C2OC34OC3CC(C)OC4OC2C1O. The zero-order valence-corrected chi connectivity index (χ0v) is 12.9. The maximum Gasteiger partial charge on any atom is 0.248 e. The minimum Gasteiger partial charge on any atom is -0.390 e. The summed E-state index contributed by atoms with van der Waals surface area (Å²) in [6, 6.07) is -0.876. The molecule has 0 aromatic carbocycles. The van der Waals surface area contributed by atoms with Crippen molar-refractivity contribution in [3.8, 4) is 0 Å². The topological polar surface area (TPSA) is 105 Å². The molecule has 10 unspecified atom stereocenters. The molecular formula is C14H24N2O6. The summed E-state index contributed by atoms with van der Waals surface area (Å²) >= 11 is 0. The molecule has 0 aromatic heterocycles. The van der Waals surface area contributed by atoms with Crippen molar-refractivity contribution in [2.75, 3.05) is 14.1 Å². The fourth-order valence-corrected chi connectivity index (χ4v) is 4.11. The van der Waals surface area contributed by atoms with Gasteiger partial charge in [0, 0.05) is 6.42 Å². The van der Waals surface area contributed by atoms with Gasteiger partial charge < -0.3 is 39.8 Å². The van der Waals surface area contributed by atoms with Gasteiger partial charge in [-0.15, -0.1) is 0 Å². The van der Waals surface area contributed by atoms with Gasteiger partial charge in [0.2, 0.25) is 12.1 Å². The lowest BCUT2D eigenvalue weighted by Crippen LogP contribution is -2.75. The Morgan fingerprint density at radius 2 is 1.68 bits per heavy atom. The lowest BCUT2D eigenvalue weighted by molar-refractivity contribution is -0.375. The van der Waals surface area contributed by atoms with Gasteiger partial charge in [-0.05, 0) is 21.0 Å². The molecule has 8 nitrogen and oxygen atoms in total. The van der Waals surface area contributed by atoms with Gasteiger partial charge in [0.05, 0.1) is 24.3 Å². The Balaban J connectivity index is 1.62. The molecule has 126 valence electrons. The summed E-state index contributed by atoms with van der Waals surface area (Å²) in [5.74, 6) is -0.880. The number of aliphatic hydroxyl groups excluding tert-OH is 2. The Hall–Kier alpha value is -0.320. The normalized spacial score (nSPS) is 60.1. The number of nitrogens with one attached hydrogen (secondary N) is 2. The van der Waals surface area contributed by atoms with Crippen molar-refractivity contribution in [2.45, 2.75) is 74.1 Å². The standard InChI is InChI=1S/C14H24N2O6/c1-5-4-6-14(21-6)13(19-5)20-12-10(18)7(15-2)9(17)8(16-3)11(12)22-14/h5-13,15-18H,4H2,1-3H3. The summed E-state index contributed by atoms with van der Waals surface area (Å²) in [7, 11) is 3.46. The first-order chi connectivity index (χ1) is 10.5. The average Bonchev–Trinajstić information content (AvgIpc) is 3.17. The van der Waals surface area contributed by atoms with E-state index in [-0.39, 0.29) is 18.2 Å². The molecule has 1 saturated carbocycles. The Bertz CT molecular complexity index is 453. The summed E-state index contributed by atoms with van der Waals surface area (Å²) in [5.41, 5.74) is 0. The van der Waals surface area contributed by atoms with Crippen molar-refractivity contribution in [1.29, 1.82) is 0 Å². The van der Waals surface area contributed by atoms with Crippen molar-refractivity contribution in [1.82, 2.24) is 10.6 Å². The van der Waals surface area contributed by atoms with E-state index in [4.69, 9.17) is 18.9 Å². The van der Waals surface area contributed by atoms with Gasteiger partial charge in [0.15, 0.2) is 0 Å². The lowest BCUT2D eigenvalue weighted by Gasteiger charge is -2.52. The Morgan fingerprint density at radius 3 is 2.36 bits per heavy atom. The van der Waals surface area contributed by atoms with E-state index >= 15 is 0 Å². The van der Waals surface area contributed by atoms with Crippen LogP contribution in [-0.4, -0.2) is 85.1 Å². The maximum absolute atomic E-state index is 10.5. The highest BCUT2D eigenvalue weighted by atomic mass is 16.9. The first-order valence-corrected chi connectivity index (χ1v) is 7.89. The summed E-state index contributed by atoms with van der Waals surface area (Å²) in [6.07, 6.45) is -2.70. The van der Waals surface area contributed by atoms with Crippen LogP contribution in [-0.2, 0) is 18.9 Å². The third-order valence-electron chi connectivity index (χ3n) is 5.33. The molecule has 4 N–H and O–H groups in total. The van der Waals surface area contributed by atoms with Crippen LogP contribution < -0.4 is 10.6 Å². The minimum atomic E-state index is -0.898. The van der Waals surface area contributed by atoms with Crippen molar-refractivity contribution >= 4 is 0 Å². The molecule has 0 aromatic rings. The van der Waals surface area contributed by atoms with E-state index in [9.17, 15) is 10.2 Å². The summed E-state index contributed by atoms with van der Waals surface area (Å²) in [6.45, 7) is 1.97. The molecule has 4 aliphatic rings. The van der Waals surface area contributed by atoms with E-state index in [2.05, 4.69) is 10.6 Å².